The largest absolute Gasteiger partial charge is 0.530 e. The zero-order valence-corrected chi connectivity index (χ0v) is 23.0. The van der Waals surface area contributed by atoms with E-state index in [0.717, 1.165) is 5.56 Å². The third kappa shape index (κ3) is 10.4. The summed E-state index contributed by atoms with van der Waals surface area (Å²) in [5, 5.41) is 2.53. The van der Waals surface area contributed by atoms with Crippen LogP contribution in [0.2, 0.25) is 0 Å². The molecule has 2 rings (SSSR count). The Morgan fingerprint density at radius 3 is 2.16 bits per heavy atom. The van der Waals surface area contributed by atoms with Crippen molar-refractivity contribution in [1.29, 1.82) is 0 Å². The topological polar surface area (TPSA) is 119 Å². The Labute approximate surface area is 218 Å². The molecule has 0 unspecified atom stereocenters. The van der Waals surface area contributed by atoms with E-state index in [2.05, 4.69) is 5.32 Å². The number of rotatable bonds is 13. The molecule has 0 aliphatic rings. The van der Waals surface area contributed by atoms with Crippen molar-refractivity contribution in [2.45, 2.75) is 59.3 Å². The van der Waals surface area contributed by atoms with E-state index in [1.165, 1.54) is 7.11 Å². The number of hydrogen-bond acceptors (Lipinski definition) is 9. The molecule has 0 bridgehead atoms. The highest BCUT2D eigenvalue weighted by atomic mass is 31.2. The van der Waals surface area contributed by atoms with Crippen molar-refractivity contribution in [3.63, 3.8) is 0 Å². The normalized spacial score (nSPS) is 12.4. The van der Waals surface area contributed by atoms with Crippen molar-refractivity contribution in [2.75, 3.05) is 20.3 Å². The van der Waals surface area contributed by atoms with E-state index in [0.29, 0.717) is 11.3 Å². The van der Waals surface area contributed by atoms with Crippen molar-refractivity contribution in [3.05, 3.63) is 59.7 Å². The molecule has 1 amide bonds. The molecule has 1 N–H and O–H groups in total. The summed E-state index contributed by atoms with van der Waals surface area (Å²) in [5.41, 5.74) is 0.735. The lowest BCUT2D eigenvalue weighted by Gasteiger charge is -2.23. The van der Waals surface area contributed by atoms with Gasteiger partial charge in [0.2, 0.25) is 0 Å². The summed E-state index contributed by atoms with van der Waals surface area (Å²) in [4.78, 5) is 24.7. The minimum Gasteiger partial charge on any atom is -0.485 e. The number of esters is 1. The van der Waals surface area contributed by atoms with Crippen molar-refractivity contribution in [1.82, 2.24) is 5.32 Å². The fourth-order valence-electron chi connectivity index (χ4n) is 3.15. The first kappa shape index (κ1) is 30.2. The zero-order valence-electron chi connectivity index (χ0n) is 22.1. The van der Waals surface area contributed by atoms with Crippen LogP contribution < -0.4 is 14.6 Å². The Bertz CT molecular complexity index is 1060. The van der Waals surface area contributed by atoms with Crippen molar-refractivity contribution < 1.29 is 41.9 Å². The molecule has 37 heavy (non-hydrogen) atoms. The van der Waals surface area contributed by atoms with Crippen LogP contribution in [0.1, 0.15) is 45.7 Å². The number of benzene rings is 2. The number of phosphoric acid groups is 1. The fourth-order valence-corrected chi connectivity index (χ4v) is 4.35. The molecule has 0 aromatic heterocycles. The molecule has 204 valence electrons. The summed E-state index contributed by atoms with van der Waals surface area (Å²) in [6.45, 7) is 8.91. The van der Waals surface area contributed by atoms with Crippen LogP contribution in [0, 0.1) is 0 Å². The molecule has 0 saturated carbocycles. The molecule has 0 fully saturated rings. The van der Waals surface area contributed by atoms with Crippen LogP contribution in [0.5, 0.6) is 11.5 Å². The summed E-state index contributed by atoms with van der Waals surface area (Å²) in [5.74, 6) is -0.270. The number of hydrogen-bond donors (Lipinski definition) is 1. The molecule has 0 saturated heterocycles. The van der Waals surface area contributed by atoms with Gasteiger partial charge in [0.25, 0.3) is 0 Å². The minimum atomic E-state index is -3.95. The Balaban J connectivity index is 2.34. The average molecular weight is 538 g/mol. The monoisotopic (exact) mass is 537 g/mol. The van der Waals surface area contributed by atoms with Crippen LogP contribution in [0.25, 0.3) is 0 Å². The SMILES string of the molecule is CCOP(=O)(OCC)Oc1cc(C[C@H](NC(=O)OC(C)(C)C)C(=O)OC)ccc1OCc1ccccc1. The molecule has 0 aliphatic heterocycles. The highest BCUT2D eigenvalue weighted by molar-refractivity contribution is 7.48. The third-order valence-corrected chi connectivity index (χ3v) is 6.22. The van der Waals surface area contributed by atoms with Crippen molar-refractivity contribution in [3.8, 4) is 11.5 Å². The molecule has 0 radical (unpaired) electrons. The Morgan fingerprint density at radius 2 is 1.59 bits per heavy atom. The molecule has 11 heteroatoms. The number of nitrogens with one attached hydrogen (secondary N) is 1. The summed E-state index contributed by atoms with van der Waals surface area (Å²) in [6.07, 6.45) is -0.728. The van der Waals surface area contributed by atoms with Gasteiger partial charge >= 0.3 is 19.9 Å². The second kappa shape index (κ2) is 14.0. The number of carbonyl (C=O) groups excluding carboxylic acids is 2. The highest BCUT2D eigenvalue weighted by Crippen LogP contribution is 2.51. The van der Waals surface area contributed by atoms with Gasteiger partial charge in [-0.25, -0.2) is 14.2 Å². The van der Waals surface area contributed by atoms with Gasteiger partial charge in [-0.15, -0.1) is 0 Å². The van der Waals surface area contributed by atoms with E-state index < -0.39 is 31.5 Å². The Hall–Kier alpha value is -3.07. The van der Waals surface area contributed by atoms with Gasteiger partial charge in [0, 0.05) is 6.42 Å². The maximum atomic E-state index is 13.1. The Kier molecular flexibility index (Phi) is 11.4. The van der Waals surface area contributed by atoms with Crippen LogP contribution in [-0.2, 0) is 40.9 Å². The maximum Gasteiger partial charge on any atom is 0.530 e. The predicted octanol–water partition coefficient (Wildman–Crippen LogP) is 5.43. The molecule has 0 spiro atoms. The standard InChI is InChI=1S/C26H36NO9P/c1-7-33-37(30,34-8-2)36-23-17-20(14-15-22(23)32-18-19-12-10-9-11-13-19)16-21(24(28)31-6)27-25(29)35-26(3,4)5/h9-15,17,21H,7-8,16,18H2,1-6H3,(H,27,29)/t21-/m0/s1. The summed E-state index contributed by atoms with van der Waals surface area (Å²) >= 11 is 0. The van der Waals surface area contributed by atoms with Crippen molar-refractivity contribution in [2.24, 2.45) is 0 Å². The first-order valence-electron chi connectivity index (χ1n) is 11.9. The highest BCUT2D eigenvalue weighted by Gasteiger charge is 2.30. The number of methoxy groups -OCH3 is 1. The van der Waals surface area contributed by atoms with E-state index in [9.17, 15) is 14.2 Å². The lowest BCUT2D eigenvalue weighted by Crippen LogP contribution is -2.45. The average Bonchev–Trinajstić information content (AvgIpc) is 2.82. The van der Waals surface area contributed by atoms with Crippen LogP contribution >= 0.6 is 7.82 Å². The van der Waals surface area contributed by atoms with Gasteiger partial charge in [-0.05, 0) is 57.9 Å². The molecule has 1 atom stereocenters. The summed E-state index contributed by atoms with van der Waals surface area (Å²) in [6, 6.07) is 13.3. The van der Waals surface area contributed by atoms with Gasteiger partial charge in [-0.2, -0.15) is 0 Å². The number of amides is 1. The van der Waals surface area contributed by atoms with Gasteiger partial charge < -0.3 is 24.1 Å². The lowest BCUT2D eigenvalue weighted by molar-refractivity contribution is -0.143. The number of carbonyl (C=O) groups is 2. The lowest BCUT2D eigenvalue weighted by atomic mass is 10.1. The second-order valence-corrected chi connectivity index (χ2v) is 10.4. The van der Waals surface area contributed by atoms with Crippen LogP contribution in [0.4, 0.5) is 4.79 Å². The number of alkyl carbamates (subject to hydrolysis) is 1. The van der Waals surface area contributed by atoms with Crippen LogP contribution in [0.3, 0.4) is 0 Å². The molecular weight excluding hydrogens is 501 g/mol. The molecule has 0 aliphatic carbocycles. The van der Waals surface area contributed by atoms with Gasteiger partial charge in [-0.1, -0.05) is 36.4 Å². The first-order valence-corrected chi connectivity index (χ1v) is 13.4. The van der Waals surface area contributed by atoms with Gasteiger partial charge in [0.05, 0.1) is 20.3 Å². The van der Waals surface area contributed by atoms with Gasteiger partial charge in [0.15, 0.2) is 11.5 Å². The zero-order chi connectivity index (χ0) is 27.5. The van der Waals surface area contributed by atoms with Gasteiger partial charge in [-0.3, -0.25) is 9.05 Å². The van der Waals surface area contributed by atoms with E-state index in [4.69, 9.17) is 27.8 Å². The molecule has 2 aromatic rings. The van der Waals surface area contributed by atoms with Crippen molar-refractivity contribution >= 4 is 19.9 Å². The quantitative estimate of drug-likeness (QED) is 0.263. The predicted molar refractivity (Wildman–Crippen MR) is 138 cm³/mol. The van der Waals surface area contributed by atoms with Crippen LogP contribution in [0.15, 0.2) is 48.5 Å². The smallest absolute Gasteiger partial charge is 0.485 e. The summed E-state index contributed by atoms with van der Waals surface area (Å²) < 4.78 is 45.4. The first-order chi connectivity index (χ1) is 17.5. The molecule has 2 aromatic carbocycles. The second-order valence-electron chi connectivity index (χ2n) is 8.86. The van der Waals surface area contributed by atoms with E-state index in [-0.39, 0.29) is 32.0 Å². The van der Waals surface area contributed by atoms with E-state index >= 15 is 0 Å². The van der Waals surface area contributed by atoms with Gasteiger partial charge in [0.1, 0.15) is 18.2 Å². The van der Waals surface area contributed by atoms with E-state index in [1.807, 2.05) is 30.3 Å². The molecule has 0 heterocycles. The Morgan fingerprint density at radius 1 is 0.946 bits per heavy atom. The fraction of sp³-hybridized carbons (Fsp3) is 0.462. The minimum absolute atomic E-state index is 0.0365. The molecule has 10 nitrogen and oxygen atoms in total. The summed E-state index contributed by atoms with van der Waals surface area (Å²) in [7, 11) is -2.73. The third-order valence-electron chi connectivity index (χ3n) is 4.65. The number of phosphoric ester groups is 1. The molecular formula is C26H36NO9P. The van der Waals surface area contributed by atoms with E-state index in [1.54, 1.807) is 52.8 Å². The maximum absolute atomic E-state index is 13.1. The number of ether oxygens (including phenoxy) is 3. The van der Waals surface area contributed by atoms with Crippen LogP contribution in [-0.4, -0.2) is 44.0 Å².